The molecule has 0 radical (unpaired) electrons. The zero-order chi connectivity index (χ0) is 9.30. The molecular formula is C7H13ClO4. The van der Waals surface area contributed by atoms with Crippen molar-refractivity contribution in [3.05, 3.63) is 0 Å². The summed E-state index contributed by atoms with van der Waals surface area (Å²) in [5, 5.41) is 18.1. The Morgan fingerprint density at radius 2 is 1.92 bits per heavy atom. The van der Waals surface area contributed by atoms with E-state index >= 15 is 0 Å². The quantitative estimate of drug-likeness (QED) is 0.566. The summed E-state index contributed by atoms with van der Waals surface area (Å²) in [7, 11) is 1.40. The Labute approximate surface area is 76.0 Å². The van der Waals surface area contributed by atoms with Crippen LogP contribution in [0.1, 0.15) is 6.92 Å². The van der Waals surface area contributed by atoms with Gasteiger partial charge in [0, 0.05) is 7.11 Å². The van der Waals surface area contributed by atoms with Crippen LogP contribution >= 0.6 is 11.6 Å². The zero-order valence-electron chi connectivity index (χ0n) is 6.98. The molecule has 72 valence electrons. The van der Waals surface area contributed by atoms with Crippen molar-refractivity contribution >= 4 is 11.6 Å². The maximum absolute atomic E-state index is 9.38. The van der Waals surface area contributed by atoms with Crippen LogP contribution in [0.2, 0.25) is 0 Å². The van der Waals surface area contributed by atoms with E-state index in [1.165, 1.54) is 7.11 Å². The summed E-state index contributed by atoms with van der Waals surface area (Å²) >= 11 is 5.74. The maximum atomic E-state index is 9.38. The van der Waals surface area contributed by atoms with Crippen LogP contribution in [0.4, 0.5) is 0 Å². The fraction of sp³-hybridized carbons (Fsp3) is 1.00. The van der Waals surface area contributed by atoms with Crippen molar-refractivity contribution in [2.45, 2.75) is 36.9 Å². The molecule has 1 aliphatic rings. The van der Waals surface area contributed by atoms with E-state index < -0.39 is 23.9 Å². The second kappa shape index (κ2) is 3.89. The fourth-order valence-electron chi connectivity index (χ4n) is 1.19. The molecule has 12 heavy (non-hydrogen) atoms. The number of aliphatic hydroxyl groups is 2. The average Bonchev–Trinajstić information content (AvgIpc) is 2.08. The van der Waals surface area contributed by atoms with Gasteiger partial charge in [-0.15, -0.1) is 11.6 Å². The van der Waals surface area contributed by atoms with Crippen LogP contribution in [-0.4, -0.2) is 47.3 Å². The number of hydrogen-bond donors (Lipinski definition) is 2. The summed E-state index contributed by atoms with van der Waals surface area (Å²) < 4.78 is 9.97. The van der Waals surface area contributed by atoms with Crippen molar-refractivity contribution in [3.8, 4) is 0 Å². The molecule has 0 aromatic carbocycles. The van der Waals surface area contributed by atoms with Crippen LogP contribution in [0.25, 0.3) is 0 Å². The van der Waals surface area contributed by atoms with Gasteiger partial charge in [-0.05, 0) is 6.92 Å². The normalized spacial score (nSPS) is 49.2. The Morgan fingerprint density at radius 3 is 2.42 bits per heavy atom. The van der Waals surface area contributed by atoms with Crippen LogP contribution < -0.4 is 0 Å². The highest BCUT2D eigenvalue weighted by Gasteiger charge is 2.41. The predicted molar refractivity (Wildman–Crippen MR) is 43.0 cm³/mol. The average molecular weight is 197 g/mol. The number of halogens is 1. The minimum atomic E-state index is -1.08. The van der Waals surface area contributed by atoms with Gasteiger partial charge in [0.15, 0.2) is 6.29 Å². The van der Waals surface area contributed by atoms with Gasteiger partial charge in [0.05, 0.1) is 11.5 Å². The number of aliphatic hydroxyl groups excluding tert-OH is 2. The van der Waals surface area contributed by atoms with Gasteiger partial charge >= 0.3 is 0 Å². The summed E-state index contributed by atoms with van der Waals surface area (Å²) in [5.74, 6) is 0. The molecule has 1 aliphatic heterocycles. The Kier molecular flexibility index (Phi) is 3.31. The van der Waals surface area contributed by atoms with Gasteiger partial charge in [0.25, 0.3) is 0 Å². The van der Waals surface area contributed by atoms with E-state index in [9.17, 15) is 10.2 Å². The number of methoxy groups -OCH3 is 1. The first kappa shape index (κ1) is 10.2. The molecule has 0 bridgehead atoms. The molecule has 5 atom stereocenters. The number of alkyl halides is 1. The first-order chi connectivity index (χ1) is 5.57. The Morgan fingerprint density at radius 1 is 1.33 bits per heavy atom. The summed E-state index contributed by atoms with van der Waals surface area (Å²) in [6, 6.07) is 0. The first-order valence-electron chi connectivity index (χ1n) is 3.76. The molecule has 0 unspecified atom stereocenters. The second-order valence-corrected chi connectivity index (χ2v) is 3.37. The summed E-state index contributed by atoms with van der Waals surface area (Å²) in [6.45, 7) is 1.72. The van der Waals surface area contributed by atoms with Gasteiger partial charge in [0.2, 0.25) is 0 Å². The van der Waals surface area contributed by atoms with E-state index in [4.69, 9.17) is 21.1 Å². The molecule has 0 saturated carbocycles. The van der Waals surface area contributed by atoms with E-state index in [1.807, 2.05) is 0 Å². The molecule has 0 aromatic rings. The molecule has 2 N–H and O–H groups in total. The molecule has 1 fully saturated rings. The molecule has 1 heterocycles. The third-order valence-corrected chi connectivity index (χ3v) is 2.60. The van der Waals surface area contributed by atoms with E-state index in [2.05, 4.69) is 0 Å². The van der Waals surface area contributed by atoms with Crippen molar-refractivity contribution in [2.24, 2.45) is 0 Å². The van der Waals surface area contributed by atoms with Crippen LogP contribution in [0.5, 0.6) is 0 Å². The third kappa shape index (κ3) is 1.72. The van der Waals surface area contributed by atoms with Gasteiger partial charge in [-0.2, -0.15) is 0 Å². The fourth-order valence-corrected chi connectivity index (χ4v) is 1.40. The Hall–Kier alpha value is 0.130. The van der Waals surface area contributed by atoms with Crippen molar-refractivity contribution in [3.63, 3.8) is 0 Å². The highest BCUT2D eigenvalue weighted by atomic mass is 35.5. The molecule has 1 rings (SSSR count). The highest BCUT2D eigenvalue weighted by molar-refractivity contribution is 6.21. The van der Waals surface area contributed by atoms with Crippen molar-refractivity contribution in [2.75, 3.05) is 7.11 Å². The Balaban J connectivity index is 2.63. The third-order valence-electron chi connectivity index (χ3n) is 1.98. The minimum absolute atomic E-state index is 0.324. The van der Waals surface area contributed by atoms with Crippen molar-refractivity contribution < 1.29 is 19.7 Å². The van der Waals surface area contributed by atoms with Crippen LogP contribution in [0, 0.1) is 0 Å². The number of hydrogen-bond acceptors (Lipinski definition) is 4. The molecule has 5 heteroatoms. The summed E-state index contributed by atoms with van der Waals surface area (Å²) in [6.07, 6.45) is -3.19. The zero-order valence-corrected chi connectivity index (χ0v) is 7.73. The Bertz CT molecular complexity index is 150. The second-order valence-electron chi connectivity index (χ2n) is 2.87. The van der Waals surface area contributed by atoms with Gasteiger partial charge in [-0.1, -0.05) is 0 Å². The number of rotatable bonds is 1. The molecular weight excluding hydrogens is 184 g/mol. The topological polar surface area (TPSA) is 58.9 Å². The lowest BCUT2D eigenvalue weighted by atomic mass is 10.0. The van der Waals surface area contributed by atoms with E-state index in [1.54, 1.807) is 6.92 Å². The van der Waals surface area contributed by atoms with E-state index in [0.717, 1.165) is 0 Å². The lowest BCUT2D eigenvalue weighted by molar-refractivity contribution is -0.252. The van der Waals surface area contributed by atoms with Gasteiger partial charge < -0.3 is 19.7 Å². The predicted octanol–water partition coefficient (Wildman–Crippen LogP) is -0.293. The van der Waals surface area contributed by atoms with E-state index in [0.29, 0.717) is 0 Å². The smallest absolute Gasteiger partial charge is 0.186 e. The standard InChI is InChI=1S/C7H13ClO4/c1-3-4(8)5(9)6(10)7(11-2)12-3/h3-7,9-10H,1-2H3/t3-,4+,5+,6-,7-/m1/s1. The van der Waals surface area contributed by atoms with Crippen molar-refractivity contribution in [1.82, 2.24) is 0 Å². The largest absolute Gasteiger partial charge is 0.389 e. The van der Waals surface area contributed by atoms with Crippen LogP contribution in [-0.2, 0) is 9.47 Å². The lowest BCUT2D eigenvalue weighted by Gasteiger charge is -2.38. The van der Waals surface area contributed by atoms with Gasteiger partial charge in [-0.3, -0.25) is 0 Å². The molecule has 0 spiro atoms. The minimum Gasteiger partial charge on any atom is -0.389 e. The van der Waals surface area contributed by atoms with Gasteiger partial charge in [-0.25, -0.2) is 0 Å². The van der Waals surface area contributed by atoms with E-state index in [-0.39, 0.29) is 6.10 Å². The first-order valence-corrected chi connectivity index (χ1v) is 4.20. The molecule has 1 saturated heterocycles. The highest BCUT2D eigenvalue weighted by Crippen LogP contribution is 2.24. The molecule has 0 amide bonds. The molecule has 0 aromatic heterocycles. The molecule has 0 aliphatic carbocycles. The summed E-state index contributed by atoms with van der Waals surface area (Å²) in [5.41, 5.74) is 0. The summed E-state index contributed by atoms with van der Waals surface area (Å²) in [4.78, 5) is 0. The van der Waals surface area contributed by atoms with Crippen LogP contribution in [0.3, 0.4) is 0 Å². The van der Waals surface area contributed by atoms with Gasteiger partial charge in [0.1, 0.15) is 12.2 Å². The molecule has 4 nitrogen and oxygen atoms in total. The number of ether oxygens (including phenoxy) is 2. The lowest BCUT2D eigenvalue weighted by Crippen LogP contribution is -2.55. The van der Waals surface area contributed by atoms with Crippen LogP contribution in [0.15, 0.2) is 0 Å². The monoisotopic (exact) mass is 196 g/mol. The SMILES string of the molecule is CO[C@@H]1O[C@H](C)[C@H](Cl)[C@H](O)[C@H]1O. The van der Waals surface area contributed by atoms with Crippen molar-refractivity contribution in [1.29, 1.82) is 0 Å². The maximum Gasteiger partial charge on any atom is 0.186 e.